The molecule has 0 fully saturated rings. The first-order valence-corrected chi connectivity index (χ1v) is 6.26. The number of hydrogen-bond donors (Lipinski definition) is 1. The molecule has 0 amide bonds. The molecule has 2 aromatic rings. The third kappa shape index (κ3) is 2.72. The highest BCUT2D eigenvalue weighted by atomic mass is 127. The van der Waals surface area contributed by atoms with Crippen LogP contribution in [0.4, 0.5) is 5.69 Å². The van der Waals surface area contributed by atoms with Gasteiger partial charge in [-0.1, -0.05) is 18.2 Å². The van der Waals surface area contributed by atoms with Gasteiger partial charge in [0.1, 0.15) is 0 Å². The highest BCUT2D eigenvalue weighted by molar-refractivity contribution is 14.1. The van der Waals surface area contributed by atoms with Crippen LogP contribution in [0.1, 0.15) is 18.5 Å². The van der Waals surface area contributed by atoms with Crippen LogP contribution in [0, 0.1) is 3.57 Å². The molecule has 82 valence electrons. The van der Waals surface area contributed by atoms with Gasteiger partial charge in [0, 0.05) is 21.7 Å². The molecule has 1 N–H and O–H groups in total. The van der Waals surface area contributed by atoms with E-state index in [1.165, 1.54) is 14.8 Å². The zero-order valence-electron chi connectivity index (χ0n) is 9.02. The summed E-state index contributed by atoms with van der Waals surface area (Å²) in [6.07, 6.45) is 3.69. The van der Waals surface area contributed by atoms with Crippen molar-refractivity contribution in [2.75, 3.05) is 5.32 Å². The van der Waals surface area contributed by atoms with Crippen molar-refractivity contribution in [3.63, 3.8) is 0 Å². The molecular formula is C13H13IN2. The largest absolute Gasteiger partial charge is 0.378 e. The molecule has 3 heteroatoms. The Kier molecular flexibility index (Phi) is 3.77. The number of rotatable bonds is 3. The minimum absolute atomic E-state index is 0.268. The lowest BCUT2D eigenvalue weighted by Crippen LogP contribution is -2.07. The van der Waals surface area contributed by atoms with Crippen molar-refractivity contribution in [3.8, 4) is 0 Å². The fourth-order valence-corrected chi connectivity index (χ4v) is 2.07. The Morgan fingerprint density at radius 1 is 1.19 bits per heavy atom. The molecule has 1 unspecified atom stereocenters. The van der Waals surface area contributed by atoms with E-state index in [0.717, 1.165) is 0 Å². The molecule has 0 aliphatic rings. The molecule has 0 saturated carbocycles. The second kappa shape index (κ2) is 5.30. The smallest absolute Gasteiger partial charge is 0.0501 e. The lowest BCUT2D eigenvalue weighted by Gasteiger charge is -2.16. The van der Waals surface area contributed by atoms with Crippen LogP contribution < -0.4 is 5.32 Å². The number of aromatic nitrogens is 1. The Morgan fingerprint density at radius 3 is 2.69 bits per heavy atom. The van der Waals surface area contributed by atoms with Gasteiger partial charge in [-0.25, -0.2) is 0 Å². The maximum absolute atomic E-state index is 4.13. The van der Waals surface area contributed by atoms with E-state index in [9.17, 15) is 0 Å². The number of pyridine rings is 1. The number of para-hydroxylation sites is 1. The van der Waals surface area contributed by atoms with Gasteiger partial charge >= 0.3 is 0 Å². The predicted molar refractivity (Wildman–Crippen MR) is 75.4 cm³/mol. The fraction of sp³-hybridized carbons (Fsp3) is 0.154. The molecule has 1 aromatic carbocycles. The molecule has 1 aromatic heterocycles. The molecule has 0 radical (unpaired) electrons. The summed E-state index contributed by atoms with van der Waals surface area (Å²) in [5.41, 5.74) is 2.36. The van der Waals surface area contributed by atoms with Crippen molar-refractivity contribution in [1.82, 2.24) is 4.98 Å². The summed E-state index contributed by atoms with van der Waals surface area (Å²) in [5, 5.41) is 3.48. The monoisotopic (exact) mass is 324 g/mol. The second-order valence-electron chi connectivity index (χ2n) is 3.63. The van der Waals surface area contributed by atoms with Crippen molar-refractivity contribution in [3.05, 3.63) is 57.9 Å². The molecule has 1 atom stereocenters. The van der Waals surface area contributed by atoms with Crippen molar-refractivity contribution < 1.29 is 0 Å². The predicted octanol–water partition coefficient (Wildman–Crippen LogP) is 3.86. The Hall–Kier alpha value is -1.10. The first kappa shape index (κ1) is 11.4. The highest BCUT2D eigenvalue weighted by Gasteiger charge is 2.06. The van der Waals surface area contributed by atoms with Gasteiger partial charge in [0.25, 0.3) is 0 Å². The fourth-order valence-electron chi connectivity index (χ4n) is 1.53. The summed E-state index contributed by atoms with van der Waals surface area (Å²) >= 11 is 2.33. The summed E-state index contributed by atoms with van der Waals surface area (Å²) in [6.45, 7) is 2.14. The Labute approximate surface area is 109 Å². The van der Waals surface area contributed by atoms with Crippen LogP contribution in [-0.2, 0) is 0 Å². The van der Waals surface area contributed by atoms with E-state index in [1.54, 1.807) is 6.20 Å². The SMILES string of the molecule is CC(Nc1ccccc1I)c1cccnc1. The van der Waals surface area contributed by atoms with Gasteiger partial charge in [0.15, 0.2) is 0 Å². The Bertz CT molecular complexity index is 456. The molecule has 0 spiro atoms. The number of nitrogens with one attached hydrogen (secondary N) is 1. The van der Waals surface area contributed by atoms with Crippen LogP contribution in [0.15, 0.2) is 48.8 Å². The molecular weight excluding hydrogens is 311 g/mol. The highest BCUT2D eigenvalue weighted by Crippen LogP contribution is 2.22. The van der Waals surface area contributed by atoms with Crippen LogP contribution in [-0.4, -0.2) is 4.98 Å². The number of benzene rings is 1. The summed E-state index contributed by atoms with van der Waals surface area (Å²) < 4.78 is 1.23. The average molecular weight is 324 g/mol. The molecule has 0 aliphatic carbocycles. The van der Waals surface area contributed by atoms with Crippen LogP contribution in [0.2, 0.25) is 0 Å². The molecule has 0 bridgehead atoms. The van der Waals surface area contributed by atoms with Gasteiger partial charge in [0.05, 0.1) is 6.04 Å². The van der Waals surface area contributed by atoms with E-state index >= 15 is 0 Å². The van der Waals surface area contributed by atoms with Crippen molar-refractivity contribution in [1.29, 1.82) is 0 Å². The van der Waals surface area contributed by atoms with E-state index in [1.807, 2.05) is 24.4 Å². The van der Waals surface area contributed by atoms with E-state index in [-0.39, 0.29) is 6.04 Å². The molecule has 16 heavy (non-hydrogen) atoms. The van der Waals surface area contributed by atoms with Gasteiger partial charge in [0.2, 0.25) is 0 Å². The van der Waals surface area contributed by atoms with E-state index in [2.05, 4.69) is 58.0 Å². The lowest BCUT2D eigenvalue weighted by molar-refractivity contribution is 0.874. The van der Waals surface area contributed by atoms with Gasteiger partial charge < -0.3 is 5.32 Å². The van der Waals surface area contributed by atoms with Gasteiger partial charge in [-0.2, -0.15) is 0 Å². The lowest BCUT2D eigenvalue weighted by atomic mass is 10.1. The van der Waals surface area contributed by atoms with Crippen LogP contribution in [0.25, 0.3) is 0 Å². The van der Waals surface area contributed by atoms with Crippen LogP contribution in [0.5, 0.6) is 0 Å². The third-order valence-corrected chi connectivity index (χ3v) is 3.37. The second-order valence-corrected chi connectivity index (χ2v) is 4.79. The number of hydrogen-bond acceptors (Lipinski definition) is 2. The van der Waals surface area contributed by atoms with E-state index in [4.69, 9.17) is 0 Å². The average Bonchev–Trinajstić information content (AvgIpc) is 2.33. The van der Waals surface area contributed by atoms with Crippen molar-refractivity contribution in [2.24, 2.45) is 0 Å². The maximum Gasteiger partial charge on any atom is 0.0501 e. The van der Waals surface area contributed by atoms with E-state index < -0.39 is 0 Å². The summed E-state index contributed by atoms with van der Waals surface area (Å²) in [6, 6.07) is 12.6. The van der Waals surface area contributed by atoms with Gasteiger partial charge in [-0.3, -0.25) is 4.98 Å². The zero-order chi connectivity index (χ0) is 11.4. The maximum atomic E-state index is 4.13. The minimum Gasteiger partial charge on any atom is -0.378 e. The topological polar surface area (TPSA) is 24.9 Å². The Balaban J connectivity index is 2.14. The summed E-state index contributed by atoms with van der Waals surface area (Å²) in [7, 11) is 0. The molecule has 0 aliphatic heterocycles. The first-order chi connectivity index (χ1) is 7.77. The quantitative estimate of drug-likeness (QED) is 0.867. The first-order valence-electron chi connectivity index (χ1n) is 5.18. The number of anilines is 1. The zero-order valence-corrected chi connectivity index (χ0v) is 11.2. The van der Waals surface area contributed by atoms with Gasteiger partial charge in [-0.15, -0.1) is 0 Å². The summed E-state index contributed by atoms with van der Waals surface area (Å²) in [4.78, 5) is 4.13. The minimum atomic E-state index is 0.268. The third-order valence-electron chi connectivity index (χ3n) is 2.43. The number of nitrogens with zero attached hydrogens (tertiary/aromatic N) is 1. The summed E-state index contributed by atoms with van der Waals surface area (Å²) in [5.74, 6) is 0. The van der Waals surface area contributed by atoms with Gasteiger partial charge in [-0.05, 0) is 53.3 Å². The van der Waals surface area contributed by atoms with Crippen LogP contribution in [0.3, 0.4) is 0 Å². The molecule has 2 rings (SSSR count). The molecule has 1 heterocycles. The number of halogens is 1. The van der Waals surface area contributed by atoms with Crippen molar-refractivity contribution >= 4 is 28.3 Å². The standard InChI is InChI=1S/C13H13IN2/c1-10(11-5-4-8-15-9-11)16-13-7-3-2-6-12(13)14/h2-10,16H,1H3. The Morgan fingerprint density at radius 2 is 2.00 bits per heavy atom. The van der Waals surface area contributed by atoms with Crippen molar-refractivity contribution in [2.45, 2.75) is 13.0 Å². The molecule has 0 saturated heterocycles. The van der Waals surface area contributed by atoms with Crippen LogP contribution >= 0.6 is 22.6 Å². The molecule has 2 nitrogen and oxygen atoms in total. The van der Waals surface area contributed by atoms with E-state index in [0.29, 0.717) is 0 Å². The normalized spacial score (nSPS) is 12.1.